The fraction of sp³-hybridized carbons (Fsp3) is 0.273. The third-order valence-electron chi connectivity index (χ3n) is 5.39. The van der Waals surface area contributed by atoms with Crippen LogP contribution >= 0.6 is 0 Å². The van der Waals surface area contributed by atoms with Crippen LogP contribution in [0.3, 0.4) is 0 Å². The molecule has 4 rings (SSSR count). The fourth-order valence-corrected chi connectivity index (χ4v) is 3.27. The number of rotatable bonds is 5. The predicted octanol–water partition coefficient (Wildman–Crippen LogP) is 4.64. The smallest absolute Gasteiger partial charge is 0.236 e. The van der Waals surface area contributed by atoms with Crippen molar-refractivity contribution in [3.05, 3.63) is 65.4 Å². The summed E-state index contributed by atoms with van der Waals surface area (Å²) in [5.74, 6) is 1.36. The Labute approximate surface area is 158 Å². The average molecular weight is 362 g/mol. The minimum absolute atomic E-state index is 0.0262. The molecule has 0 atom stereocenters. The summed E-state index contributed by atoms with van der Waals surface area (Å²) in [6.45, 7) is 4.05. The second kappa shape index (κ2) is 6.58. The Hall–Kier alpha value is -3.08. The molecule has 0 unspecified atom stereocenters. The van der Waals surface area contributed by atoms with Gasteiger partial charge in [0.15, 0.2) is 5.76 Å². The Balaban J connectivity index is 1.59. The molecule has 0 saturated heterocycles. The van der Waals surface area contributed by atoms with E-state index in [1.165, 1.54) is 0 Å². The summed E-state index contributed by atoms with van der Waals surface area (Å²) < 4.78 is 10.8. The van der Waals surface area contributed by atoms with Crippen LogP contribution in [0.2, 0.25) is 0 Å². The predicted molar refractivity (Wildman–Crippen MR) is 104 cm³/mol. The van der Waals surface area contributed by atoms with Gasteiger partial charge < -0.3 is 14.6 Å². The van der Waals surface area contributed by atoms with Crippen molar-refractivity contribution in [2.24, 2.45) is 0 Å². The second-order valence-electron chi connectivity index (χ2n) is 7.09. The first-order valence-electron chi connectivity index (χ1n) is 9.03. The molecule has 1 aromatic heterocycles. The number of aryl methyl sites for hydroxylation is 1. The number of hydrogen-bond acceptors (Lipinski definition) is 4. The Morgan fingerprint density at radius 1 is 1.15 bits per heavy atom. The Bertz CT molecular complexity index is 1000. The van der Waals surface area contributed by atoms with Gasteiger partial charge in [-0.15, -0.1) is 0 Å². The van der Waals surface area contributed by atoms with E-state index in [4.69, 9.17) is 9.26 Å². The van der Waals surface area contributed by atoms with E-state index < -0.39 is 5.41 Å². The zero-order valence-electron chi connectivity index (χ0n) is 15.7. The number of methoxy groups -OCH3 is 1. The number of aromatic nitrogens is 1. The first-order valence-corrected chi connectivity index (χ1v) is 9.03. The molecule has 0 spiro atoms. The lowest BCUT2D eigenvalue weighted by atomic mass is 9.99. The van der Waals surface area contributed by atoms with Gasteiger partial charge in [0.05, 0.1) is 18.2 Å². The van der Waals surface area contributed by atoms with Gasteiger partial charge in [-0.25, -0.2) is 0 Å². The summed E-state index contributed by atoms with van der Waals surface area (Å²) in [4.78, 5) is 13.0. The van der Waals surface area contributed by atoms with Crippen molar-refractivity contribution in [2.75, 3.05) is 12.4 Å². The van der Waals surface area contributed by atoms with Gasteiger partial charge in [0, 0.05) is 17.3 Å². The van der Waals surface area contributed by atoms with Gasteiger partial charge in [0.1, 0.15) is 5.75 Å². The lowest BCUT2D eigenvalue weighted by Crippen LogP contribution is -2.28. The molecule has 3 aromatic rings. The molecule has 1 aliphatic carbocycles. The number of anilines is 1. The summed E-state index contributed by atoms with van der Waals surface area (Å²) >= 11 is 0. The SMILES string of the molecule is COc1cccc(-c2cc(C3(C(=O)Nc4cccc(C)c4C)CC3)no2)c1. The number of nitrogens with one attached hydrogen (secondary N) is 1. The summed E-state index contributed by atoms with van der Waals surface area (Å²) in [5.41, 5.74) is 4.04. The van der Waals surface area contributed by atoms with Crippen LogP contribution in [0.5, 0.6) is 5.75 Å². The fourth-order valence-electron chi connectivity index (χ4n) is 3.27. The van der Waals surface area contributed by atoms with Crippen LogP contribution in [0, 0.1) is 13.8 Å². The largest absolute Gasteiger partial charge is 0.497 e. The maximum absolute atomic E-state index is 13.0. The highest BCUT2D eigenvalue weighted by atomic mass is 16.5. The van der Waals surface area contributed by atoms with E-state index in [0.29, 0.717) is 11.5 Å². The minimum Gasteiger partial charge on any atom is -0.497 e. The van der Waals surface area contributed by atoms with Crippen LogP contribution in [-0.4, -0.2) is 18.2 Å². The number of amides is 1. The van der Waals surface area contributed by atoms with Crippen molar-refractivity contribution in [1.29, 1.82) is 0 Å². The van der Waals surface area contributed by atoms with E-state index in [1.807, 2.05) is 62.4 Å². The van der Waals surface area contributed by atoms with E-state index in [0.717, 1.165) is 41.0 Å². The van der Waals surface area contributed by atoms with E-state index in [2.05, 4.69) is 10.5 Å². The van der Waals surface area contributed by atoms with Gasteiger partial charge in [0.25, 0.3) is 0 Å². The highest BCUT2D eigenvalue weighted by Gasteiger charge is 2.54. The number of carbonyl (C=O) groups is 1. The maximum Gasteiger partial charge on any atom is 0.236 e. The van der Waals surface area contributed by atoms with Gasteiger partial charge >= 0.3 is 0 Å². The maximum atomic E-state index is 13.0. The topological polar surface area (TPSA) is 64.4 Å². The number of benzene rings is 2. The zero-order valence-corrected chi connectivity index (χ0v) is 15.7. The van der Waals surface area contributed by atoms with Crippen molar-refractivity contribution >= 4 is 11.6 Å². The first-order chi connectivity index (χ1) is 13.0. The summed E-state index contributed by atoms with van der Waals surface area (Å²) in [6.07, 6.45) is 1.54. The molecule has 1 heterocycles. The third-order valence-corrected chi connectivity index (χ3v) is 5.39. The van der Waals surface area contributed by atoms with Gasteiger partial charge in [-0.3, -0.25) is 4.79 Å². The molecule has 1 saturated carbocycles. The highest BCUT2D eigenvalue weighted by Crippen LogP contribution is 2.49. The lowest BCUT2D eigenvalue weighted by Gasteiger charge is -2.15. The molecule has 5 nitrogen and oxygen atoms in total. The molecular weight excluding hydrogens is 340 g/mol. The number of nitrogens with zero attached hydrogens (tertiary/aromatic N) is 1. The van der Waals surface area contributed by atoms with E-state index in [-0.39, 0.29) is 5.91 Å². The van der Waals surface area contributed by atoms with Crippen molar-refractivity contribution in [3.8, 4) is 17.1 Å². The van der Waals surface area contributed by atoms with Crippen LogP contribution in [0.15, 0.2) is 53.1 Å². The van der Waals surface area contributed by atoms with Crippen molar-refractivity contribution < 1.29 is 14.1 Å². The summed E-state index contributed by atoms with van der Waals surface area (Å²) in [5, 5.41) is 7.29. The van der Waals surface area contributed by atoms with Gasteiger partial charge in [-0.2, -0.15) is 0 Å². The molecule has 2 aromatic carbocycles. The monoisotopic (exact) mass is 362 g/mol. The molecule has 1 aliphatic rings. The Morgan fingerprint density at radius 3 is 2.67 bits per heavy atom. The van der Waals surface area contributed by atoms with Crippen LogP contribution in [0.1, 0.15) is 29.7 Å². The van der Waals surface area contributed by atoms with Crippen molar-refractivity contribution in [2.45, 2.75) is 32.1 Å². The van der Waals surface area contributed by atoms with Crippen LogP contribution in [-0.2, 0) is 10.2 Å². The van der Waals surface area contributed by atoms with Crippen molar-refractivity contribution in [1.82, 2.24) is 5.16 Å². The highest BCUT2D eigenvalue weighted by molar-refractivity contribution is 6.01. The van der Waals surface area contributed by atoms with Gasteiger partial charge in [-0.05, 0) is 56.0 Å². The molecule has 27 heavy (non-hydrogen) atoms. The molecule has 0 radical (unpaired) electrons. The molecule has 1 amide bonds. The molecule has 1 fully saturated rings. The standard InChI is InChI=1S/C22H22N2O3/c1-14-6-4-9-18(15(14)2)23-21(25)22(10-11-22)20-13-19(27-24-20)16-7-5-8-17(12-16)26-3/h4-9,12-13H,10-11H2,1-3H3,(H,23,25). The van der Waals surface area contributed by atoms with Crippen LogP contribution in [0.4, 0.5) is 5.69 Å². The molecule has 138 valence electrons. The number of hydrogen-bond donors (Lipinski definition) is 1. The van der Waals surface area contributed by atoms with Gasteiger partial charge in [-0.1, -0.05) is 29.4 Å². The van der Waals surface area contributed by atoms with Crippen molar-refractivity contribution in [3.63, 3.8) is 0 Å². The molecule has 0 aliphatic heterocycles. The minimum atomic E-state index is -0.600. The summed E-state index contributed by atoms with van der Waals surface area (Å²) in [6, 6.07) is 15.4. The molecule has 5 heteroatoms. The zero-order chi connectivity index (χ0) is 19.0. The Kier molecular flexibility index (Phi) is 4.22. The Morgan fingerprint density at radius 2 is 1.93 bits per heavy atom. The molecule has 0 bridgehead atoms. The normalized spacial score (nSPS) is 14.6. The summed E-state index contributed by atoms with van der Waals surface area (Å²) in [7, 11) is 1.63. The molecule has 1 N–H and O–H groups in total. The van der Waals surface area contributed by atoms with Crippen LogP contribution in [0.25, 0.3) is 11.3 Å². The van der Waals surface area contributed by atoms with Gasteiger partial charge in [0.2, 0.25) is 5.91 Å². The number of carbonyl (C=O) groups excluding carboxylic acids is 1. The quantitative estimate of drug-likeness (QED) is 0.718. The third kappa shape index (κ3) is 3.10. The molecular formula is C22H22N2O3. The van der Waals surface area contributed by atoms with E-state index in [1.54, 1.807) is 7.11 Å². The number of ether oxygens (including phenoxy) is 1. The van der Waals surface area contributed by atoms with E-state index in [9.17, 15) is 4.79 Å². The first kappa shape index (κ1) is 17.3. The van der Waals surface area contributed by atoms with E-state index >= 15 is 0 Å². The second-order valence-corrected chi connectivity index (χ2v) is 7.09. The van der Waals surface area contributed by atoms with Crippen LogP contribution < -0.4 is 10.1 Å². The average Bonchev–Trinajstić information content (AvgIpc) is 3.35. The lowest BCUT2D eigenvalue weighted by molar-refractivity contribution is -0.118.